The average Bonchev–Trinajstić information content (AvgIpc) is 3.33. The fourth-order valence-corrected chi connectivity index (χ4v) is 4.00. The van der Waals surface area contributed by atoms with E-state index in [1.807, 2.05) is 11.0 Å². The molecule has 1 aromatic rings. The van der Waals surface area contributed by atoms with Crippen LogP contribution in [0.1, 0.15) is 32.6 Å². The Bertz CT molecular complexity index is 667. The quantitative estimate of drug-likeness (QED) is 0.401. The molecule has 3 rings (SSSR count). The Labute approximate surface area is 181 Å². The van der Waals surface area contributed by atoms with Crippen molar-refractivity contribution in [2.45, 2.75) is 38.7 Å². The molecule has 7 heteroatoms. The van der Waals surface area contributed by atoms with E-state index in [4.69, 9.17) is 9.73 Å². The summed E-state index contributed by atoms with van der Waals surface area (Å²) in [7, 11) is 2.14. The van der Waals surface area contributed by atoms with Crippen LogP contribution in [0, 0.1) is 0 Å². The molecule has 0 saturated carbocycles. The van der Waals surface area contributed by atoms with Crippen LogP contribution in [0.3, 0.4) is 0 Å². The summed E-state index contributed by atoms with van der Waals surface area (Å²) >= 11 is 0. The topological polar surface area (TPSA) is 60.4 Å². The number of ether oxygens (including phenoxy) is 1. The molecule has 1 unspecified atom stereocenters. The number of aliphatic imine (C=N–C) groups is 1. The molecule has 2 saturated heterocycles. The summed E-state index contributed by atoms with van der Waals surface area (Å²) in [4.78, 5) is 23.9. The molecule has 0 radical (unpaired) electrons. The molecule has 2 fully saturated rings. The third-order valence-electron chi connectivity index (χ3n) is 5.79. The first-order valence-electron chi connectivity index (χ1n) is 11.4. The number of amides is 1. The molecule has 2 aliphatic rings. The van der Waals surface area contributed by atoms with Crippen LogP contribution in [0.2, 0.25) is 0 Å². The van der Waals surface area contributed by atoms with Crippen LogP contribution < -0.4 is 10.2 Å². The summed E-state index contributed by atoms with van der Waals surface area (Å²) < 4.78 is 5.56. The number of carbonyl (C=O) groups is 1. The summed E-state index contributed by atoms with van der Waals surface area (Å²) in [5.41, 5.74) is 1.25. The molecule has 7 nitrogen and oxygen atoms in total. The van der Waals surface area contributed by atoms with Gasteiger partial charge in [-0.3, -0.25) is 9.79 Å². The second kappa shape index (κ2) is 11.8. The Kier molecular flexibility index (Phi) is 8.81. The molecule has 0 aliphatic carbocycles. The molecule has 1 atom stereocenters. The molecule has 0 bridgehead atoms. The van der Waals surface area contributed by atoms with Gasteiger partial charge >= 0.3 is 0 Å². The summed E-state index contributed by atoms with van der Waals surface area (Å²) in [5, 5.41) is 3.41. The first-order valence-corrected chi connectivity index (χ1v) is 11.4. The van der Waals surface area contributed by atoms with Crippen LogP contribution in [0.5, 0.6) is 0 Å². The lowest BCUT2D eigenvalue weighted by molar-refractivity contribution is -0.142. The third kappa shape index (κ3) is 6.36. The fourth-order valence-electron chi connectivity index (χ4n) is 4.00. The van der Waals surface area contributed by atoms with Crippen molar-refractivity contribution in [2.24, 2.45) is 4.99 Å². The molecule has 1 N–H and O–H groups in total. The zero-order chi connectivity index (χ0) is 21.2. The second-order valence-corrected chi connectivity index (χ2v) is 8.01. The number of nitrogens with zero attached hydrogens (tertiary/aromatic N) is 4. The Morgan fingerprint density at radius 1 is 1.17 bits per heavy atom. The summed E-state index contributed by atoms with van der Waals surface area (Å²) in [5.74, 6) is 1.13. The van der Waals surface area contributed by atoms with Gasteiger partial charge in [-0.25, -0.2) is 0 Å². The first-order chi connectivity index (χ1) is 14.7. The van der Waals surface area contributed by atoms with Gasteiger partial charge in [0.25, 0.3) is 5.91 Å². The monoisotopic (exact) mass is 415 g/mol. The van der Waals surface area contributed by atoms with E-state index in [1.165, 1.54) is 5.69 Å². The summed E-state index contributed by atoms with van der Waals surface area (Å²) in [6.07, 6.45) is 3.81. The van der Waals surface area contributed by atoms with Crippen molar-refractivity contribution in [3.05, 3.63) is 30.3 Å². The second-order valence-electron chi connectivity index (χ2n) is 8.01. The molecule has 30 heavy (non-hydrogen) atoms. The average molecular weight is 416 g/mol. The van der Waals surface area contributed by atoms with Crippen molar-refractivity contribution >= 4 is 17.6 Å². The number of hydrogen-bond acceptors (Lipinski definition) is 4. The number of para-hydroxylation sites is 1. The van der Waals surface area contributed by atoms with Gasteiger partial charge in [0.2, 0.25) is 0 Å². The Hall–Kier alpha value is -2.28. The molecule has 0 aromatic heterocycles. The van der Waals surface area contributed by atoms with Crippen molar-refractivity contribution in [1.29, 1.82) is 0 Å². The van der Waals surface area contributed by atoms with Gasteiger partial charge in [-0.05, 0) is 44.7 Å². The number of piperazine rings is 1. The highest BCUT2D eigenvalue weighted by molar-refractivity contribution is 5.82. The lowest BCUT2D eigenvalue weighted by Gasteiger charge is -2.37. The van der Waals surface area contributed by atoms with Crippen molar-refractivity contribution in [2.75, 3.05) is 64.4 Å². The van der Waals surface area contributed by atoms with Gasteiger partial charge in [0, 0.05) is 65.2 Å². The van der Waals surface area contributed by atoms with E-state index in [0.29, 0.717) is 0 Å². The minimum absolute atomic E-state index is 0.164. The van der Waals surface area contributed by atoms with Crippen molar-refractivity contribution < 1.29 is 9.53 Å². The number of anilines is 1. The Morgan fingerprint density at radius 3 is 2.57 bits per heavy atom. The number of guanidine groups is 1. The number of nitrogens with one attached hydrogen (secondary N) is 1. The lowest BCUT2D eigenvalue weighted by Crippen LogP contribution is -2.55. The van der Waals surface area contributed by atoms with Gasteiger partial charge in [0.1, 0.15) is 6.10 Å². The normalized spacial score (nSPS) is 19.8. The van der Waals surface area contributed by atoms with Crippen molar-refractivity contribution in [1.82, 2.24) is 15.1 Å². The smallest absolute Gasteiger partial charge is 0.251 e. The molecule has 166 valence electrons. The number of unbranched alkanes of at least 4 members (excludes halogenated alkanes) is 1. The van der Waals surface area contributed by atoms with Gasteiger partial charge < -0.3 is 24.8 Å². The lowest BCUT2D eigenvalue weighted by atomic mass is 10.2. The number of rotatable bonds is 8. The Balaban J connectivity index is 1.40. The number of benzene rings is 1. The minimum Gasteiger partial charge on any atom is -0.375 e. The molecule has 1 amide bonds. The van der Waals surface area contributed by atoms with E-state index in [-0.39, 0.29) is 12.0 Å². The predicted molar refractivity (Wildman–Crippen MR) is 122 cm³/mol. The first kappa shape index (κ1) is 22.4. The molecular formula is C23H37N5O2. The van der Waals surface area contributed by atoms with Crippen LogP contribution in [0.25, 0.3) is 0 Å². The third-order valence-corrected chi connectivity index (χ3v) is 5.79. The highest BCUT2D eigenvalue weighted by Gasteiger charge is 2.30. The largest absolute Gasteiger partial charge is 0.375 e. The Morgan fingerprint density at radius 2 is 1.90 bits per heavy atom. The van der Waals surface area contributed by atoms with E-state index in [0.717, 1.165) is 84.1 Å². The van der Waals surface area contributed by atoms with Gasteiger partial charge in [0.15, 0.2) is 5.96 Å². The number of hydrogen-bond donors (Lipinski definition) is 1. The van der Waals surface area contributed by atoms with E-state index in [9.17, 15) is 4.79 Å². The van der Waals surface area contributed by atoms with Crippen LogP contribution in [0.15, 0.2) is 35.3 Å². The van der Waals surface area contributed by atoms with Gasteiger partial charge in [0.05, 0.1) is 0 Å². The van der Waals surface area contributed by atoms with Crippen LogP contribution in [0.4, 0.5) is 5.69 Å². The van der Waals surface area contributed by atoms with Crippen LogP contribution in [-0.2, 0) is 9.53 Å². The molecule has 2 aliphatic heterocycles. The van der Waals surface area contributed by atoms with Gasteiger partial charge in [-0.1, -0.05) is 18.2 Å². The van der Waals surface area contributed by atoms with E-state index < -0.39 is 0 Å². The fraction of sp³-hybridized carbons (Fsp3) is 0.652. The SMILES string of the molecule is CCNC(=NCCCCN(C)c1ccccc1)N1CCN(C(=O)C2CCCO2)CC1. The molecular weight excluding hydrogens is 378 g/mol. The van der Waals surface area contributed by atoms with Crippen molar-refractivity contribution in [3.8, 4) is 0 Å². The van der Waals surface area contributed by atoms with Gasteiger partial charge in [-0.15, -0.1) is 0 Å². The standard InChI is InChI=1S/C23H37N5O2/c1-3-24-23(25-13-7-8-14-26(2)20-10-5-4-6-11-20)28-17-15-27(16-18-28)22(29)21-12-9-19-30-21/h4-6,10-11,21H,3,7-9,12-19H2,1-2H3,(H,24,25). The van der Waals surface area contributed by atoms with Crippen LogP contribution in [-0.4, -0.2) is 87.2 Å². The summed E-state index contributed by atoms with van der Waals surface area (Å²) in [6, 6.07) is 10.5. The van der Waals surface area contributed by atoms with Gasteiger partial charge in [-0.2, -0.15) is 0 Å². The highest BCUT2D eigenvalue weighted by Crippen LogP contribution is 2.16. The molecule has 0 spiro atoms. The maximum Gasteiger partial charge on any atom is 0.251 e. The summed E-state index contributed by atoms with van der Waals surface area (Å²) in [6.45, 7) is 8.64. The van der Waals surface area contributed by atoms with E-state index in [2.05, 4.69) is 53.4 Å². The maximum atomic E-state index is 12.5. The molecule has 1 aromatic carbocycles. The zero-order valence-electron chi connectivity index (χ0n) is 18.6. The van der Waals surface area contributed by atoms with E-state index >= 15 is 0 Å². The zero-order valence-corrected chi connectivity index (χ0v) is 18.6. The highest BCUT2D eigenvalue weighted by atomic mass is 16.5. The predicted octanol–water partition coefficient (Wildman–Crippen LogP) is 2.19. The molecule has 2 heterocycles. The van der Waals surface area contributed by atoms with E-state index in [1.54, 1.807) is 0 Å². The van der Waals surface area contributed by atoms with Crippen LogP contribution >= 0.6 is 0 Å². The number of carbonyl (C=O) groups excluding carboxylic acids is 1. The van der Waals surface area contributed by atoms with Crippen molar-refractivity contribution in [3.63, 3.8) is 0 Å². The maximum absolute atomic E-state index is 12.5. The minimum atomic E-state index is -0.215.